The lowest BCUT2D eigenvalue weighted by atomic mass is 10.0. The van der Waals surface area contributed by atoms with Gasteiger partial charge in [0.15, 0.2) is 0 Å². The maximum atomic E-state index is 10.4. The summed E-state index contributed by atoms with van der Waals surface area (Å²) in [7, 11) is 0. The summed E-state index contributed by atoms with van der Waals surface area (Å²) >= 11 is 1.79. The Hall–Kier alpha value is -1.88. The average molecular weight is 299 g/mol. The van der Waals surface area contributed by atoms with Gasteiger partial charge in [0, 0.05) is 17.3 Å². The van der Waals surface area contributed by atoms with Crippen molar-refractivity contribution >= 4 is 22.2 Å². The van der Waals surface area contributed by atoms with Crippen LogP contribution in [0, 0.1) is 0 Å². The minimum absolute atomic E-state index is 0.0369. The van der Waals surface area contributed by atoms with E-state index in [-0.39, 0.29) is 11.9 Å². The Balaban J connectivity index is 1.77. The van der Waals surface area contributed by atoms with Crippen LogP contribution in [0.25, 0.3) is 10.9 Å². The minimum atomic E-state index is 0.0369. The van der Waals surface area contributed by atoms with Gasteiger partial charge in [0.05, 0.1) is 22.6 Å². The highest BCUT2D eigenvalue weighted by molar-refractivity contribution is 7.11. The second-order valence-electron chi connectivity index (χ2n) is 5.60. The number of nitrogens with zero attached hydrogens (tertiary/aromatic N) is 3. The summed E-state index contributed by atoms with van der Waals surface area (Å²) in [5, 5.41) is 12.3. The third kappa shape index (κ3) is 2.03. The number of aromatic hydroxyl groups is 1. The van der Waals surface area contributed by atoms with Crippen LogP contribution in [-0.4, -0.2) is 19.6 Å². The Bertz CT molecular complexity index is 782. The van der Waals surface area contributed by atoms with E-state index in [0.29, 0.717) is 0 Å². The maximum absolute atomic E-state index is 10.4. The van der Waals surface area contributed by atoms with Crippen LogP contribution in [0.1, 0.15) is 41.4 Å². The van der Waals surface area contributed by atoms with Crippen LogP contribution >= 0.6 is 11.3 Å². The molecule has 4 nitrogen and oxygen atoms in total. The van der Waals surface area contributed by atoms with E-state index >= 15 is 0 Å². The molecule has 3 aromatic rings. The van der Waals surface area contributed by atoms with Gasteiger partial charge in [-0.1, -0.05) is 0 Å². The fourth-order valence-electron chi connectivity index (χ4n) is 3.01. The predicted molar refractivity (Wildman–Crippen MR) is 84.0 cm³/mol. The molecule has 0 radical (unpaired) electrons. The first-order chi connectivity index (χ1) is 10.2. The Morgan fingerprint density at radius 1 is 1.33 bits per heavy atom. The van der Waals surface area contributed by atoms with Gasteiger partial charge in [-0.05, 0) is 44.7 Å². The van der Waals surface area contributed by atoms with Gasteiger partial charge >= 0.3 is 0 Å². The van der Waals surface area contributed by atoms with Gasteiger partial charge in [-0.25, -0.2) is 4.98 Å². The molecular formula is C16H17N3OS. The molecule has 0 saturated carbocycles. The monoisotopic (exact) mass is 299 g/mol. The molecule has 1 aliphatic carbocycles. The number of aryl methyl sites for hydroxylation is 2. The highest BCUT2D eigenvalue weighted by Crippen LogP contribution is 2.35. The largest absolute Gasteiger partial charge is 0.494 e. The second kappa shape index (κ2) is 4.84. The van der Waals surface area contributed by atoms with E-state index in [4.69, 9.17) is 4.98 Å². The molecule has 0 saturated heterocycles. The molecule has 0 aromatic carbocycles. The van der Waals surface area contributed by atoms with Gasteiger partial charge in [0.25, 0.3) is 0 Å². The number of thiazole rings is 1. The van der Waals surface area contributed by atoms with Gasteiger partial charge in [0.2, 0.25) is 5.88 Å². The standard InChI is InChI=1S/C16H17N3OS/c1-10(15-18-12-6-2-3-7-14(12)21-15)19-9-13-11(16(19)20)5-4-8-17-13/h4-5,8-10,20H,2-3,6-7H2,1H3. The first-order valence-corrected chi connectivity index (χ1v) is 8.18. The molecule has 0 bridgehead atoms. The Morgan fingerprint density at radius 3 is 3.00 bits per heavy atom. The highest BCUT2D eigenvalue weighted by atomic mass is 32.1. The van der Waals surface area contributed by atoms with Crippen molar-refractivity contribution in [2.24, 2.45) is 0 Å². The van der Waals surface area contributed by atoms with Crippen molar-refractivity contribution in [3.8, 4) is 5.88 Å². The van der Waals surface area contributed by atoms with Crippen LogP contribution in [0.5, 0.6) is 5.88 Å². The zero-order valence-corrected chi connectivity index (χ0v) is 12.7. The van der Waals surface area contributed by atoms with Gasteiger partial charge in [-0.15, -0.1) is 11.3 Å². The summed E-state index contributed by atoms with van der Waals surface area (Å²) in [4.78, 5) is 10.5. The Morgan fingerprint density at radius 2 is 2.19 bits per heavy atom. The topological polar surface area (TPSA) is 50.9 Å². The van der Waals surface area contributed by atoms with Gasteiger partial charge in [-0.2, -0.15) is 0 Å². The summed E-state index contributed by atoms with van der Waals surface area (Å²) in [5.74, 6) is 0.277. The molecule has 0 aliphatic heterocycles. The molecule has 1 aliphatic rings. The van der Waals surface area contributed by atoms with E-state index in [2.05, 4.69) is 11.9 Å². The van der Waals surface area contributed by atoms with Crippen molar-refractivity contribution in [3.05, 3.63) is 40.1 Å². The Labute approximate surface area is 127 Å². The summed E-state index contributed by atoms with van der Waals surface area (Å²) in [6.45, 7) is 2.09. The summed E-state index contributed by atoms with van der Waals surface area (Å²) < 4.78 is 1.88. The number of hydrogen-bond donors (Lipinski definition) is 1. The number of hydrogen-bond acceptors (Lipinski definition) is 4. The molecule has 0 spiro atoms. The van der Waals surface area contributed by atoms with Crippen molar-refractivity contribution in [3.63, 3.8) is 0 Å². The Kier molecular flexibility index (Phi) is 2.96. The van der Waals surface area contributed by atoms with Gasteiger partial charge in [0.1, 0.15) is 5.01 Å². The van der Waals surface area contributed by atoms with E-state index in [1.54, 1.807) is 17.5 Å². The molecule has 1 atom stereocenters. The zero-order chi connectivity index (χ0) is 14.4. The van der Waals surface area contributed by atoms with Crippen LogP contribution in [0.2, 0.25) is 0 Å². The third-order valence-corrected chi connectivity index (χ3v) is 5.55. The van der Waals surface area contributed by atoms with E-state index < -0.39 is 0 Å². The SMILES string of the molecule is CC(c1nc2c(s1)CCCC2)n1cc2ncccc2c1O. The van der Waals surface area contributed by atoms with Crippen LogP contribution in [0.3, 0.4) is 0 Å². The zero-order valence-electron chi connectivity index (χ0n) is 11.9. The van der Waals surface area contributed by atoms with E-state index in [0.717, 1.165) is 28.8 Å². The molecule has 21 heavy (non-hydrogen) atoms. The predicted octanol–water partition coefficient (Wildman–Crippen LogP) is 3.69. The molecule has 1 N–H and O–H groups in total. The lowest BCUT2D eigenvalue weighted by molar-refractivity contribution is 0.412. The van der Waals surface area contributed by atoms with E-state index in [1.807, 2.05) is 22.9 Å². The molecule has 0 fully saturated rings. The average Bonchev–Trinajstić information content (AvgIpc) is 3.08. The van der Waals surface area contributed by atoms with Crippen molar-refractivity contribution in [1.82, 2.24) is 14.5 Å². The van der Waals surface area contributed by atoms with E-state index in [1.165, 1.54) is 23.4 Å². The summed E-state index contributed by atoms with van der Waals surface area (Å²) in [5.41, 5.74) is 2.09. The smallest absolute Gasteiger partial charge is 0.201 e. The fourth-order valence-corrected chi connectivity index (χ4v) is 4.21. The second-order valence-corrected chi connectivity index (χ2v) is 6.72. The maximum Gasteiger partial charge on any atom is 0.201 e. The number of pyridine rings is 1. The number of aromatic nitrogens is 3. The fraction of sp³-hybridized carbons (Fsp3) is 0.375. The molecule has 5 heteroatoms. The van der Waals surface area contributed by atoms with Crippen LogP contribution in [-0.2, 0) is 12.8 Å². The van der Waals surface area contributed by atoms with Crippen molar-refractivity contribution < 1.29 is 5.11 Å². The van der Waals surface area contributed by atoms with Crippen LogP contribution < -0.4 is 0 Å². The number of fused-ring (bicyclic) bond motifs is 2. The van der Waals surface area contributed by atoms with E-state index in [9.17, 15) is 5.11 Å². The highest BCUT2D eigenvalue weighted by Gasteiger charge is 2.21. The molecule has 4 rings (SSSR count). The quantitative estimate of drug-likeness (QED) is 0.785. The summed E-state index contributed by atoms with van der Waals surface area (Å²) in [6.07, 6.45) is 8.42. The van der Waals surface area contributed by atoms with Crippen molar-refractivity contribution in [2.75, 3.05) is 0 Å². The first kappa shape index (κ1) is 12.8. The molecule has 0 amide bonds. The molecule has 3 heterocycles. The van der Waals surface area contributed by atoms with Crippen molar-refractivity contribution in [2.45, 2.75) is 38.6 Å². The molecule has 108 valence electrons. The van der Waals surface area contributed by atoms with Gasteiger partial charge < -0.3 is 9.67 Å². The number of rotatable bonds is 2. The normalized spacial score (nSPS) is 16.0. The first-order valence-electron chi connectivity index (χ1n) is 7.37. The molecular weight excluding hydrogens is 282 g/mol. The molecule has 1 unspecified atom stereocenters. The lowest BCUT2D eigenvalue weighted by Gasteiger charge is -2.11. The summed E-state index contributed by atoms with van der Waals surface area (Å²) in [6, 6.07) is 3.78. The van der Waals surface area contributed by atoms with Crippen LogP contribution in [0.4, 0.5) is 0 Å². The lowest BCUT2D eigenvalue weighted by Crippen LogP contribution is -2.05. The van der Waals surface area contributed by atoms with Crippen molar-refractivity contribution in [1.29, 1.82) is 0 Å². The molecule has 3 aromatic heterocycles. The minimum Gasteiger partial charge on any atom is -0.494 e. The van der Waals surface area contributed by atoms with Gasteiger partial charge in [-0.3, -0.25) is 4.98 Å². The van der Waals surface area contributed by atoms with Crippen LogP contribution in [0.15, 0.2) is 24.5 Å². The third-order valence-electron chi connectivity index (χ3n) is 4.22.